The van der Waals surface area contributed by atoms with E-state index >= 15 is 0 Å². The number of thiazole rings is 1. The van der Waals surface area contributed by atoms with Crippen molar-refractivity contribution in [2.24, 2.45) is 5.92 Å². The van der Waals surface area contributed by atoms with Gasteiger partial charge in [-0.05, 0) is 12.8 Å². The van der Waals surface area contributed by atoms with Gasteiger partial charge in [-0.15, -0.1) is 11.3 Å². The third-order valence-corrected chi connectivity index (χ3v) is 5.71. The molecule has 2 aromatic rings. The van der Waals surface area contributed by atoms with Crippen LogP contribution >= 0.6 is 23.1 Å². The number of thioether (sulfide) groups is 1. The molecular formula is C17H18N2O2S2. The van der Waals surface area contributed by atoms with Gasteiger partial charge in [0.25, 0.3) is 0 Å². The molecule has 0 spiro atoms. The molecule has 0 saturated carbocycles. The van der Waals surface area contributed by atoms with Crippen LogP contribution in [0.3, 0.4) is 0 Å². The summed E-state index contributed by atoms with van der Waals surface area (Å²) in [6.07, 6.45) is 0.500. The lowest BCUT2D eigenvalue weighted by Crippen LogP contribution is -2.24. The number of nitrogens with zero attached hydrogens (tertiary/aromatic N) is 2. The van der Waals surface area contributed by atoms with E-state index in [-0.39, 0.29) is 16.9 Å². The van der Waals surface area contributed by atoms with E-state index in [1.54, 1.807) is 11.8 Å². The maximum Gasteiger partial charge on any atom is 0.229 e. The van der Waals surface area contributed by atoms with Gasteiger partial charge in [-0.1, -0.05) is 41.6 Å². The number of rotatable bonds is 4. The van der Waals surface area contributed by atoms with E-state index < -0.39 is 0 Å². The van der Waals surface area contributed by atoms with Crippen molar-refractivity contribution in [3.63, 3.8) is 0 Å². The van der Waals surface area contributed by atoms with Crippen molar-refractivity contribution in [3.05, 3.63) is 35.2 Å². The van der Waals surface area contributed by atoms with Gasteiger partial charge in [-0.25, -0.2) is 4.98 Å². The Labute approximate surface area is 143 Å². The van der Waals surface area contributed by atoms with Crippen molar-refractivity contribution in [3.8, 4) is 11.3 Å². The Balaban J connectivity index is 1.71. The summed E-state index contributed by atoms with van der Waals surface area (Å²) in [5.41, 5.74) is 3.18. The highest BCUT2D eigenvalue weighted by molar-refractivity contribution is 8.13. The lowest BCUT2D eigenvalue weighted by molar-refractivity contribution is -0.117. The highest BCUT2D eigenvalue weighted by atomic mass is 32.2. The second kappa shape index (κ2) is 6.84. The van der Waals surface area contributed by atoms with Crippen molar-refractivity contribution in [2.45, 2.75) is 20.3 Å². The molecule has 1 unspecified atom stereocenters. The zero-order chi connectivity index (χ0) is 16.4. The number of benzene rings is 1. The number of hydrogen-bond acceptors (Lipinski definition) is 5. The molecule has 4 nitrogen and oxygen atoms in total. The molecule has 1 amide bonds. The summed E-state index contributed by atoms with van der Waals surface area (Å²) in [5, 5.41) is 2.85. The van der Waals surface area contributed by atoms with E-state index in [9.17, 15) is 9.59 Å². The number of aryl methyl sites for hydroxylation is 1. The van der Waals surface area contributed by atoms with Crippen LogP contribution in [-0.4, -0.2) is 28.3 Å². The zero-order valence-electron chi connectivity index (χ0n) is 13.1. The lowest BCUT2D eigenvalue weighted by Gasteiger charge is -2.12. The number of carbonyl (C=O) groups is 2. The average molecular weight is 346 g/mol. The topological polar surface area (TPSA) is 50.3 Å². The number of carbonyl (C=O) groups excluding carboxylic acids is 2. The predicted octanol–water partition coefficient (Wildman–Crippen LogP) is 3.75. The molecule has 1 atom stereocenters. The van der Waals surface area contributed by atoms with Gasteiger partial charge >= 0.3 is 0 Å². The van der Waals surface area contributed by atoms with Gasteiger partial charge in [0.15, 0.2) is 10.2 Å². The summed E-state index contributed by atoms with van der Waals surface area (Å²) in [7, 11) is 0. The molecular weight excluding hydrogens is 328 g/mol. The van der Waals surface area contributed by atoms with Crippen LogP contribution in [0.15, 0.2) is 29.6 Å². The van der Waals surface area contributed by atoms with Gasteiger partial charge in [0, 0.05) is 36.6 Å². The molecule has 1 aromatic heterocycles. The Bertz CT molecular complexity index is 724. The molecule has 1 fully saturated rings. The van der Waals surface area contributed by atoms with Gasteiger partial charge in [-0.3, -0.25) is 14.5 Å². The summed E-state index contributed by atoms with van der Waals surface area (Å²) in [6.45, 7) is 4.27. The molecule has 3 rings (SSSR count). The lowest BCUT2D eigenvalue weighted by atomic mass is 10.1. The Hall–Kier alpha value is -1.66. The van der Waals surface area contributed by atoms with Crippen LogP contribution in [0.2, 0.25) is 0 Å². The van der Waals surface area contributed by atoms with Crippen molar-refractivity contribution in [1.82, 2.24) is 4.98 Å². The van der Waals surface area contributed by atoms with Crippen LogP contribution in [0.4, 0.5) is 5.13 Å². The first-order valence-corrected chi connectivity index (χ1v) is 9.36. The van der Waals surface area contributed by atoms with Gasteiger partial charge < -0.3 is 0 Å². The Kier molecular flexibility index (Phi) is 4.82. The molecule has 2 heterocycles. The molecule has 0 N–H and O–H groups in total. The first-order chi connectivity index (χ1) is 11.0. The minimum Gasteiger partial charge on any atom is -0.288 e. The van der Waals surface area contributed by atoms with E-state index in [0.29, 0.717) is 18.7 Å². The fourth-order valence-electron chi connectivity index (χ4n) is 2.56. The minimum absolute atomic E-state index is 0.101. The fourth-order valence-corrected chi connectivity index (χ4v) is 4.11. The number of hydrogen-bond donors (Lipinski definition) is 0. The first kappa shape index (κ1) is 16.2. The van der Waals surface area contributed by atoms with Gasteiger partial charge in [0.2, 0.25) is 5.91 Å². The second-order valence-electron chi connectivity index (χ2n) is 5.76. The molecule has 1 aromatic carbocycles. The van der Waals surface area contributed by atoms with E-state index in [1.807, 2.05) is 17.5 Å². The van der Waals surface area contributed by atoms with E-state index in [4.69, 9.17) is 0 Å². The van der Waals surface area contributed by atoms with Crippen LogP contribution in [0.1, 0.15) is 18.9 Å². The van der Waals surface area contributed by atoms with E-state index in [0.717, 1.165) is 16.4 Å². The standard InChI is InChI=1S/C17H18N2O2S2/c1-11-3-5-14(6-4-11)15-10-23-17(18-15)19-8-13(7-16(19)21)9-22-12(2)20/h3-6,10,13H,7-9H2,1-2H3. The molecule has 0 radical (unpaired) electrons. The molecule has 6 heteroatoms. The van der Waals surface area contributed by atoms with Crippen molar-refractivity contribution < 1.29 is 9.59 Å². The summed E-state index contributed by atoms with van der Waals surface area (Å²) in [4.78, 5) is 29.7. The second-order valence-corrected chi connectivity index (χ2v) is 7.79. The Morgan fingerprint density at radius 1 is 1.39 bits per heavy atom. The van der Waals surface area contributed by atoms with Crippen molar-refractivity contribution in [1.29, 1.82) is 0 Å². The van der Waals surface area contributed by atoms with Gasteiger partial charge in [-0.2, -0.15) is 0 Å². The van der Waals surface area contributed by atoms with Crippen LogP contribution in [0.5, 0.6) is 0 Å². The third-order valence-electron chi connectivity index (χ3n) is 3.80. The maximum atomic E-state index is 12.2. The maximum absolute atomic E-state index is 12.2. The fraction of sp³-hybridized carbons (Fsp3) is 0.353. The molecule has 1 saturated heterocycles. The van der Waals surface area contributed by atoms with Crippen LogP contribution in [0.25, 0.3) is 11.3 Å². The molecule has 120 valence electrons. The van der Waals surface area contributed by atoms with Crippen LogP contribution in [0, 0.1) is 12.8 Å². The minimum atomic E-state index is 0.101. The predicted molar refractivity (Wildman–Crippen MR) is 95.9 cm³/mol. The van der Waals surface area contributed by atoms with Crippen LogP contribution < -0.4 is 4.90 Å². The number of anilines is 1. The summed E-state index contributed by atoms with van der Waals surface area (Å²) in [6, 6.07) is 8.22. The van der Waals surface area contributed by atoms with Crippen LogP contribution in [-0.2, 0) is 9.59 Å². The quantitative estimate of drug-likeness (QED) is 0.846. The van der Waals surface area contributed by atoms with E-state index in [1.165, 1.54) is 28.7 Å². The third kappa shape index (κ3) is 3.82. The van der Waals surface area contributed by atoms with Crippen molar-refractivity contribution in [2.75, 3.05) is 17.2 Å². The van der Waals surface area contributed by atoms with Crippen molar-refractivity contribution >= 4 is 39.3 Å². The number of amides is 1. The molecule has 23 heavy (non-hydrogen) atoms. The Morgan fingerprint density at radius 2 is 2.13 bits per heavy atom. The molecule has 0 aliphatic carbocycles. The summed E-state index contributed by atoms with van der Waals surface area (Å²) >= 11 is 2.79. The SMILES string of the molecule is CC(=O)SCC1CC(=O)N(c2nc(-c3ccc(C)cc3)cs2)C1. The summed E-state index contributed by atoms with van der Waals surface area (Å²) in [5.74, 6) is 1.03. The largest absolute Gasteiger partial charge is 0.288 e. The smallest absolute Gasteiger partial charge is 0.229 e. The summed E-state index contributed by atoms with van der Waals surface area (Å²) < 4.78 is 0. The number of aromatic nitrogens is 1. The Morgan fingerprint density at radius 3 is 2.83 bits per heavy atom. The monoisotopic (exact) mass is 346 g/mol. The average Bonchev–Trinajstić information content (AvgIpc) is 3.12. The molecule has 1 aliphatic rings. The highest BCUT2D eigenvalue weighted by Crippen LogP contribution is 2.32. The normalized spacial score (nSPS) is 17.7. The zero-order valence-corrected chi connectivity index (χ0v) is 14.7. The highest BCUT2D eigenvalue weighted by Gasteiger charge is 2.32. The van der Waals surface area contributed by atoms with Gasteiger partial charge in [0.1, 0.15) is 0 Å². The first-order valence-electron chi connectivity index (χ1n) is 7.49. The van der Waals surface area contributed by atoms with E-state index in [2.05, 4.69) is 24.0 Å². The molecule has 0 bridgehead atoms. The van der Waals surface area contributed by atoms with Gasteiger partial charge in [0.05, 0.1) is 5.69 Å². The molecule has 1 aliphatic heterocycles.